The third-order valence-electron chi connectivity index (χ3n) is 2.56. The molecule has 5 heteroatoms. The minimum absolute atomic E-state index is 0.0934. The van der Waals surface area contributed by atoms with Crippen molar-refractivity contribution in [3.63, 3.8) is 0 Å². The van der Waals surface area contributed by atoms with E-state index in [9.17, 15) is 9.90 Å². The van der Waals surface area contributed by atoms with Crippen molar-refractivity contribution in [3.8, 4) is 6.07 Å². The summed E-state index contributed by atoms with van der Waals surface area (Å²) in [6.07, 6.45) is 0.710. The number of anilines is 1. The number of amides is 2. The molecule has 0 fully saturated rings. The Labute approximate surface area is 113 Å². The lowest BCUT2D eigenvalue weighted by atomic mass is 10.0. The average Bonchev–Trinajstić information content (AvgIpc) is 2.37. The molecule has 3 N–H and O–H groups in total. The van der Waals surface area contributed by atoms with Crippen molar-refractivity contribution in [2.24, 2.45) is 5.92 Å². The highest BCUT2D eigenvalue weighted by Gasteiger charge is 2.12. The van der Waals surface area contributed by atoms with Crippen molar-refractivity contribution in [3.05, 3.63) is 29.8 Å². The third-order valence-corrected chi connectivity index (χ3v) is 2.56. The van der Waals surface area contributed by atoms with Gasteiger partial charge in [0.05, 0.1) is 24.3 Å². The number of rotatable bonds is 5. The number of benzene rings is 1. The van der Waals surface area contributed by atoms with E-state index in [0.717, 1.165) is 0 Å². The summed E-state index contributed by atoms with van der Waals surface area (Å²) >= 11 is 0. The zero-order chi connectivity index (χ0) is 14.3. The summed E-state index contributed by atoms with van der Waals surface area (Å²) in [5, 5.41) is 23.3. The van der Waals surface area contributed by atoms with Crippen LogP contribution in [0.15, 0.2) is 24.3 Å². The number of aliphatic hydroxyl groups excluding tert-OH is 1. The standard InChI is InChI=1S/C14H19N3O2/c1-10(2)6-13(9-18)17-14(19)16-12-5-3-4-11(7-12)8-15/h3-5,7,10,13,18H,6,9H2,1-2H3,(H2,16,17,19). The highest BCUT2D eigenvalue weighted by Crippen LogP contribution is 2.10. The highest BCUT2D eigenvalue weighted by atomic mass is 16.3. The van der Waals surface area contributed by atoms with Crippen LogP contribution in [0.2, 0.25) is 0 Å². The van der Waals surface area contributed by atoms with Gasteiger partial charge in [0.2, 0.25) is 0 Å². The van der Waals surface area contributed by atoms with Crippen molar-refractivity contribution in [1.82, 2.24) is 5.32 Å². The molecule has 0 bridgehead atoms. The fourth-order valence-electron chi connectivity index (χ4n) is 1.77. The highest BCUT2D eigenvalue weighted by molar-refractivity contribution is 5.89. The van der Waals surface area contributed by atoms with Gasteiger partial charge in [0, 0.05) is 5.69 Å². The van der Waals surface area contributed by atoms with E-state index in [-0.39, 0.29) is 18.7 Å². The number of nitrogens with one attached hydrogen (secondary N) is 2. The Hall–Kier alpha value is -2.06. The lowest BCUT2D eigenvalue weighted by molar-refractivity contribution is 0.214. The Bertz CT molecular complexity index is 466. The summed E-state index contributed by atoms with van der Waals surface area (Å²) in [7, 11) is 0. The van der Waals surface area contributed by atoms with Gasteiger partial charge in [-0.15, -0.1) is 0 Å². The monoisotopic (exact) mass is 261 g/mol. The van der Waals surface area contributed by atoms with Crippen molar-refractivity contribution < 1.29 is 9.90 Å². The Morgan fingerprint density at radius 1 is 1.47 bits per heavy atom. The van der Waals surface area contributed by atoms with E-state index in [0.29, 0.717) is 23.6 Å². The molecule has 1 rings (SSSR count). The summed E-state index contributed by atoms with van der Waals surface area (Å²) in [5.74, 6) is 0.388. The van der Waals surface area contributed by atoms with Crippen LogP contribution in [-0.2, 0) is 0 Å². The first kappa shape index (κ1) is 15.0. The maximum atomic E-state index is 11.7. The molecule has 0 saturated heterocycles. The largest absolute Gasteiger partial charge is 0.394 e. The second-order valence-electron chi connectivity index (χ2n) is 4.80. The Morgan fingerprint density at radius 3 is 2.79 bits per heavy atom. The number of aliphatic hydroxyl groups is 1. The molecule has 1 atom stereocenters. The fourth-order valence-corrected chi connectivity index (χ4v) is 1.77. The summed E-state index contributed by atoms with van der Waals surface area (Å²) in [6.45, 7) is 3.96. The SMILES string of the molecule is CC(C)CC(CO)NC(=O)Nc1cccc(C#N)c1. The van der Waals surface area contributed by atoms with E-state index < -0.39 is 0 Å². The van der Waals surface area contributed by atoms with Crippen LogP contribution >= 0.6 is 0 Å². The van der Waals surface area contributed by atoms with Gasteiger partial charge in [-0.2, -0.15) is 5.26 Å². The molecule has 1 unspecified atom stereocenters. The minimum Gasteiger partial charge on any atom is -0.394 e. The van der Waals surface area contributed by atoms with Crippen LogP contribution in [0.1, 0.15) is 25.8 Å². The lowest BCUT2D eigenvalue weighted by Crippen LogP contribution is -2.40. The normalized spacial score (nSPS) is 11.7. The van der Waals surface area contributed by atoms with Crippen LogP contribution in [0.25, 0.3) is 0 Å². The summed E-state index contributed by atoms with van der Waals surface area (Å²) in [6, 6.07) is 8.03. The predicted octanol–water partition coefficient (Wildman–Crippen LogP) is 2.09. The van der Waals surface area contributed by atoms with E-state index in [1.807, 2.05) is 19.9 Å². The van der Waals surface area contributed by atoms with Crippen LogP contribution in [0.3, 0.4) is 0 Å². The van der Waals surface area contributed by atoms with E-state index in [4.69, 9.17) is 5.26 Å². The quantitative estimate of drug-likeness (QED) is 0.758. The number of nitrogens with zero attached hydrogens (tertiary/aromatic N) is 1. The molecule has 0 spiro atoms. The van der Waals surface area contributed by atoms with Crippen LogP contribution < -0.4 is 10.6 Å². The maximum absolute atomic E-state index is 11.7. The van der Waals surface area contributed by atoms with Gasteiger partial charge in [0.1, 0.15) is 0 Å². The Balaban J connectivity index is 2.56. The summed E-state index contributed by atoms with van der Waals surface area (Å²) in [5.41, 5.74) is 1.04. The van der Waals surface area contributed by atoms with Gasteiger partial charge >= 0.3 is 6.03 Å². The van der Waals surface area contributed by atoms with E-state index >= 15 is 0 Å². The smallest absolute Gasteiger partial charge is 0.319 e. The number of hydrogen-bond acceptors (Lipinski definition) is 3. The molecule has 0 radical (unpaired) electrons. The van der Waals surface area contributed by atoms with Gasteiger partial charge in [0.25, 0.3) is 0 Å². The number of carbonyl (C=O) groups is 1. The first-order valence-electron chi connectivity index (χ1n) is 6.23. The van der Waals surface area contributed by atoms with Crippen molar-refractivity contribution in [2.75, 3.05) is 11.9 Å². The topological polar surface area (TPSA) is 85.2 Å². The van der Waals surface area contributed by atoms with Gasteiger partial charge in [-0.05, 0) is 30.5 Å². The first-order chi connectivity index (χ1) is 9.05. The van der Waals surface area contributed by atoms with E-state index in [1.165, 1.54) is 0 Å². The van der Waals surface area contributed by atoms with Crippen LogP contribution in [0.4, 0.5) is 10.5 Å². The number of hydrogen-bond donors (Lipinski definition) is 3. The van der Waals surface area contributed by atoms with Crippen LogP contribution in [0, 0.1) is 17.2 Å². The Morgan fingerprint density at radius 2 is 2.21 bits per heavy atom. The molecule has 0 saturated carbocycles. The first-order valence-corrected chi connectivity index (χ1v) is 6.23. The summed E-state index contributed by atoms with van der Waals surface area (Å²) < 4.78 is 0. The molecule has 1 aromatic carbocycles. The second kappa shape index (κ2) is 7.39. The van der Waals surface area contributed by atoms with Gasteiger partial charge in [0.15, 0.2) is 0 Å². The zero-order valence-electron chi connectivity index (χ0n) is 11.2. The van der Waals surface area contributed by atoms with Crippen molar-refractivity contribution in [2.45, 2.75) is 26.3 Å². The minimum atomic E-state index is -0.380. The lowest BCUT2D eigenvalue weighted by Gasteiger charge is -2.18. The molecular formula is C14H19N3O2. The summed E-state index contributed by atoms with van der Waals surface area (Å²) in [4.78, 5) is 11.7. The molecule has 102 valence electrons. The molecule has 0 heterocycles. The zero-order valence-corrected chi connectivity index (χ0v) is 11.2. The van der Waals surface area contributed by atoms with Crippen LogP contribution in [-0.4, -0.2) is 23.8 Å². The molecule has 0 aliphatic carbocycles. The Kier molecular flexibility index (Phi) is 5.83. The van der Waals surface area contributed by atoms with Gasteiger partial charge in [-0.1, -0.05) is 19.9 Å². The number of carbonyl (C=O) groups excluding carboxylic acids is 1. The molecule has 2 amide bonds. The third kappa shape index (κ3) is 5.40. The van der Waals surface area contributed by atoms with E-state index in [1.54, 1.807) is 24.3 Å². The average molecular weight is 261 g/mol. The van der Waals surface area contributed by atoms with Crippen molar-refractivity contribution >= 4 is 11.7 Å². The van der Waals surface area contributed by atoms with Crippen molar-refractivity contribution in [1.29, 1.82) is 5.26 Å². The predicted molar refractivity (Wildman–Crippen MR) is 73.6 cm³/mol. The van der Waals surface area contributed by atoms with Gasteiger partial charge in [-0.25, -0.2) is 4.79 Å². The fraction of sp³-hybridized carbons (Fsp3) is 0.429. The van der Waals surface area contributed by atoms with E-state index in [2.05, 4.69) is 10.6 Å². The second-order valence-corrected chi connectivity index (χ2v) is 4.80. The molecular weight excluding hydrogens is 242 g/mol. The molecule has 0 aromatic heterocycles. The van der Waals surface area contributed by atoms with Crippen LogP contribution in [0.5, 0.6) is 0 Å². The molecule has 19 heavy (non-hydrogen) atoms. The van der Waals surface area contributed by atoms with Gasteiger partial charge in [-0.3, -0.25) is 0 Å². The number of nitriles is 1. The molecule has 1 aromatic rings. The number of urea groups is 1. The molecule has 0 aliphatic rings. The van der Waals surface area contributed by atoms with Gasteiger partial charge < -0.3 is 15.7 Å². The maximum Gasteiger partial charge on any atom is 0.319 e. The molecule has 5 nitrogen and oxygen atoms in total. The molecule has 0 aliphatic heterocycles.